The summed E-state index contributed by atoms with van der Waals surface area (Å²) >= 11 is 0. The minimum absolute atomic E-state index is 0.279. The number of rotatable bonds is 8. The number of nitrogens with two attached hydrogens (primary N) is 1. The average Bonchev–Trinajstić information content (AvgIpc) is 2.96. The molecular weight excluding hydrogens is 486 g/mol. The smallest absolute Gasteiger partial charge is 0.207 e. The van der Waals surface area contributed by atoms with E-state index in [0.717, 1.165) is 34.1 Å². The molecule has 1 atom stereocenters. The first kappa shape index (κ1) is 28.9. The highest BCUT2D eigenvalue weighted by molar-refractivity contribution is 5.93. The van der Waals surface area contributed by atoms with Crippen LogP contribution in [0.2, 0.25) is 0 Å². The lowest BCUT2D eigenvalue weighted by Crippen LogP contribution is -2.35. The number of hydrogen-bond acceptors (Lipinski definition) is 4. The van der Waals surface area contributed by atoms with Crippen molar-refractivity contribution in [2.75, 3.05) is 26.5 Å². The highest BCUT2D eigenvalue weighted by Crippen LogP contribution is 2.31. The lowest BCUT2D eigenvalue weighted by molar-refractivity contribution is -0.112. The molecule has 4 aromatic carbocycles. The van der Waals surface area contributed by atoms with Crippen molar-refractivity contribution in [3.05, 3.63) is 102 Å². The van der Waals surface area contributed by atoms with Gasteiger partial charge in [-0.25, -0.2) is 4.99 Å². The summed E-state index contributed by atoms with van der Waals surface area (Å²) in [6.45, 7) is 4.18. The minimum atomic E-state index is -1.09. The SMILES string of the molecule is CNc1cccc2ccccc12.Cc1ccc(CNC=O)c(-c2cccc(C(C)(C=O)N=C(N)N(C)C)c2)c1. The van der Waals surface area contributed by atoms with Crippen molar-refractivity contribution in [1.29, 1.82) is 0 Å². The summed E-state index contributed by atoms with van der Waals surface area (Å²) in [5.41, 5.74) is 10.8. The first-order chi connectivity index (χ1) is 18.7. The third-order valence-corrected chi connectivity index (χ3v) is 6.49. The Bertz CT molecular complexity index is 1460. The lowest BCUT2D eigenvalue weighted by atomic mass is 9.89. The quantitative estimate of drug-likeness (QED) is 0.170. The Morgan fingerprint density at radius 3 is 2.38 bits per heavy atom. The number of nitrogens with zero attached hydrogens (tertiary/aromatic N) is 2. The molecular formula is C32H37N5O2. The number of carbonyl (C=O) groups is 2. The summed E-state index contributed by atoms with van der Waals surface area (Å²) in [5.74, 6) is 0.279. The number of anilines is 1. The molecule has 0 bridgehead atoms. The first-order valence-electron chi connectivity index (χ1n) is 12.7. The second-order valence-electron chi connectivity index (χ2n) is 9.65. The van der Waals surface area contributed by atoms with Crippen molar-refractivity contribution in [2.24, 2.45) is 10.7 Å². The van der Waals surface area contributed by atoms with Gasteiger partial charge in [0.05, 0.1) is 0 Å². The van der Waals surface area contributed by atoms with Crippen LogP contribution in [0.1, 0.15) is 23.6 Å². The van der Waals surface area contributed by atoms with Gasteiger partial charge in [-0.1, -0.05) is 78.4 Å². The monoisotopic (exact) mass is 523 g/mol. The second kappa shape index (κ2) is 13.2. The molecule has 7 heteroatoms. The van der Waals surface area contributed by atoms with E-state index in [2.05, 4.69) is 64.2 Å². The van der Waals surface area contributed by atoms with Gasteiger partial charge < -0.3 is 26.1 Å². The lowest BCUT2D eigenvalue weighted by Gasteiger charge is -2.23. The van der Waals surface area contributed by atoms with E-state index >= 15 is 0 Å². The molecule has 0 aliphatic rings. The van der Waals surface area contributed by atoms with Crippen LogP contribution in [0.4, 0.5) is 5.69 Å². The molecule has 0 heterocycles. The minimum Gasteiger partial charge on any atom is -0.388 e. The van der Waals surface area contributed by atoms with Crippen LogP contribution >= 0.6 is 0 Å². The molecule has 1 amide bonds. The molecule has 4 N–H and O–H groups in total. The van der Waals surface area contributed by atoms with Gasteiger partial charge in [-0.3, -0.25) is 4.79 Å². The molecule has 7 nitrogen and oxygen atoms in total. The topological polar surface area (TPSA) is 99.8 Å². The maximum absolute atomic E-state index is 11.9. The standard InChI is InChI=1S/C21H26N4O2.C11H11N/c1-15-8-9-17(12-23-14-27)19(10-15)16-6-5-7-18(11-16)21(2,13-26)24-20(22)25(3)4;1-12-11-8-4-6-9-5-2-3-7-10(9)11/h5-11,13-14H,12H2,1-4H3,(H2,22,24)(H,23,27);2-8,12H,1H3. The predicted molar refractivity (Wildman–Crippen MR) is 162 cm³/mol. The molecule has 0 saturated carbocycles. The Morgan fingerprint density at radius 1 is 0.974 bits per heavy atom. The molecule has 0 fully saturated rings. The molecule has 4 rings (SSSR count). The highest BCUT2D eigenvalue weighted by atomic mass is 16.1. The van der Waals surface area contributed by atoms with Crippen LogP contribution in [-0.2, 0) is 21.7 Å². The van der Waals surface area contributed by atoms with E-state index in [4.69, 9.17) is 5.73 Å². The zero-order valence-electron chi connectivity index (χ0n) is 23.2. The second-order valence-corrected chi connectivity index (χ2v) is 9.65. The average molecular weight is 524 g/mol. The van der Waals surface area contributed by atoms with E-state index in [1.54, 1.807) is 25.9 Å². The van der Waals surface area contributed by atoms with Crippen LogP contribution < -0.4 is 16.4 Å². The van der Waals surface area contributed by atoms with Gasteiger partial charge in [0.1, 0.15) is 5.54 Å². The van der Waals surface area contributed by atoms with E-state index in [1.807, 2.05) is 50.4 Å². The normalized spacial score (nSPS) is 12.5. The Morgan fingerprint density at radius 2 is 1.69 bits per heavy atom. The number of amides is 1. The van der Waals surface area contributed by atoms with Gasteiger partial charge in [-0.15, -0.1) is 0 Å². The van der Waals surface area contributed by atoms with E-state index in [1.165, 1.54) is 16.5 Å². The predicted octanol–water partition coefficient (Wildman–Crippen LogP) is 5.08. The molecule has 0 saturated heterocycles. The number of guanidine groups is 1. The van der Waals surface area contributed by atoms with Gasteiger partial charge in [0.15, 0.2) is 12.2 Å². The summed E-state index contributed by atoms with van der Waals surface area (Å²) in [5, 5.41) is 8.44. The number of aldehydes is 1. The van der Waals surface area contributed by atoms with Crippen LogP contribution in [0, 0.1) is 6.92 Å². The van der Waals surface area contributed by atoms with E-state index in [0.29, 0.717) is 13.0 Å². The Balaban J connectivity index is 0.000000289. The third kappa shape index (κ3) is 7.23. The Hall–Kier alpha value is -4.65. The molecule has 0 radical (unpaired) electrons. The molecule has 4 aromatic rings. The van der Waals surface area contributed by atoms with E-state index in [9.17, 15) is 9.59 Å². The summed E-state index contributed by atoms with van der Waals surface area (Å²) in [7, 11) is 5.50. The number of aliphatic imine (C=N–C) groups is 1. The van der Waals surface area contributed by atoms with Crippen molar-refractivity contribution in [1.82, 2.24) is 10.2 Å². The van der Waals surface area contributed by atoms with Crippen molar-refractivity contribution in [3.63, 3.8) is 0 Å². The van der Waals surface area contributed by atoms with Gasteiger partial charge >= 0.3 is 0 Å². The van der Waals surface area contributed by atoms with Crippen LogP contribution in [0.5, 0.6) is 0 Å². The Kier molecular flexibility index (Phi) is 9.81. The van der Waals surface area contributed by atoms with Gasteiger partial charge in [-0.2, -0.15) is 0 Å². The Labute approximate surface area is 230 Å². The van der Waals surface area contributed by atoms with E-state index in [-0.39, 0.29) is 5.96 Å². The number of hydrogen-bond donors (Lipinski definition) is 3. The third-order valence-electron chi connectivity index (χ3n) is 6.49. The number of carbonyl (C=O) groups excluding carboxylic acids is 2. The fraction of sp³-hybridized carbons (Fsp3) is 0.219. The fourth-order valence-corrected chi connectivity index (χ4v) is 4.21. The molecule has 39 heavy (non-hydrogen) atoms. The van der Waals surface area contributed by atoms with Crippen molar-refractivity contribution in [2.45, 2.75) is 25.9 Å². The van der Waals surface area contributed by atoms with Crippen molar-refractivity contribution >= 4 is 35.1 Å². The van der Waals surface area contributed by atoms with Gasteiger partial charge in [0.25, 0.3) is 0 Å². The summed E-state index contributed by atoms with van der Waals surface area (Å²) < 4.78 is 0. The van der Waals surface area contributed by atoms with Crippen LogP contribution in [0.3, 0.4) is 0 Å². The van der Waals surface area contributed by atoms with E-state index < -0.39 is 5.54 Å². The highest BCUT2D eigenvalue weighted by Gasteiger charge is 2.26. The fourth-order valence-electron chi connectivity index (χ4n) is 4.21. The molecule has 0 spiro atoms. The first-order valence-corrected chi connectivity index (χ1v) is 12.7. The zero-order chi connectivity index (χ0) is 28.4. The number of aryl methyl sites for hydroxylation is 1. The van der Waals surface area contributed by atoms with Gasteiger partial charge in [0.2, 0.25) is 6.41 Å². The van der Waals surface area contributed by atoms with Crippen LogP contribution in [0.25, 0.3) is 21.9 Å². The van der Waals surface area contributed by atoms with Crippen molar-refractivity contribution in [3.8, 4) is 11.1 Å². The molecule has 0 aromatic heterocycles. The summed E-state index contributed by atoms with van der Waals surface area (Å²) in [6.07, 6.45) is 1.48. The van der Waals surface area contributed by atoms with Crippen LogP contribution in [-0.4, -0.2) is 44.7 Å². The number of benzene rings is 4. The number of nitrogens with one attached hydrogen (secondary N) is 2. The summed E-state index contributed by atoms with van der Waals surface area (Å²) in [4.78, 5) is 28.6. The van der Waals surface area contributed by atoms with Gasteiger partial charge in [-0.05, 0) is 53.6 Å². The molecule has 0 aliphatic heterocycles. The summed E-state index contributed by atoms with van der Waals surface area (Å²) in [6, 6.07) is 28.4. The number of fused-ring (bicyclic) bond motifs is 1. The maximum atomic E-state index is 11.9. The maximum Gasteiger partial charge on any atom is 0.207 e. The molecule has 1 unspecified atom stereocenters. The van der Waals surface area contributed by atoms with Crippen LogP contribution in [0.15, 0.2) is 89.9 Å². The van der Waals surface area contributed by atoms with Gasteiger partial charge in [0, 0.05) is 38.8 Å². The molecule has 0 aliphatic carbocycles. The van der Waals surface area contributed by atoms with Crippen molar-refractivity contribution < 1.29 is 9.59 Å². The largest absolute Gasteiger partial charge is 0.388 e. The zero-order valence-corrected chi connectivity index (χ0v) is 23.2. The molecule has 202 valence electrons.